The van der Waals surface area contributed by atoms with Crippen LogP contribution in [0.25, 0.3) is 0 Å². The lowest BCUT2D eigenvalue weighted by Crippen LogP contribution is -2.30. The number of nitrogens with one attached hydrogen (secondary N) is 1. The van der Waals surface area contributed by atoms with Crippen molar-refractivity contribution in [3.8, 4) is 11.5 Å². The van der Waals surface area contributed by atoms with Gasteiger partial charge in [-0.25, -0.2) is 0 Å². The summed E-state index contributed by atoms with van der Waals surface area (Å²) in [4.78, 5) is 13.2. The molecule has 0 spiro atoms. The number of carbonyl (C=O) groups is 1. The molecule has 5 nitrogen and oxygen atoms in total. The molecule has 0 saturated carbocycles. The fraction of sp³-hybridized carbons (Fsp3) is 0.389. The molecule has 2 aromatic rings. The van der Waals surface area contributed by atoms with Crippen LogP contribution in [-0.2, 0) is 4.79 Å². The van der Waals surface area contributed by atoms with E-state index in [-0.39, 0.29) is 25.0 Å². The summed E-state index contributed by atoms with van der Waals surface area (Å²) in [6.07, 6.45) is 1.50. The van der Waals surface area contributed by atoms with Crippen LogP contribution in [0.3, 0.4) is 0 Å². The first-order valence-corrected chi connectivity index (χ1v) is 8.79. The molecule has 1 aromatic carbocycles. The Balaban J connectivity index is 1.74. The third-order valence-electron chi connectivity index (χ3n) is 3.67. The fourth-order valence-electron chi connectivity index (χ4n) is 2.43. The lowest BCUT2D eigenvalue weighted by molar-refractivity contribution is -0.123. The number of carbonyl (C=O) groups excluding carboxylic acids is 1. The molecule has 0 aliphatic rings. The van der Waals surface area contributed by atoms with Crippen LogP contribution in [0.4, 0.5) is 0 Å². The van der Waals surface area contributed by atoms with Gasteiger partial charge in [-0.1, -0.05) is 18.2 Å². The van der Waals surface area contributed by atoms with E-state index in [1.807, 2.05) is 23.6 Å². The summed E-state index contributed by atoms with van der Waals surface area (Å²) < 4.78 is 10.7. The van der Waals surface area contributed by atoms with Crippen LogP contribution in [0.15, 0.2) is 41.8 Å². The molecule has 0 aliphatic carbocycles. The van der Waals surface area contributed by atoms with Crippen molar-refractivity contribution in [2.24, 2.45) is 0 Å². The Hall–Kier alpha value is -2.05. The van der Waals surface area contributed by atoms with E-state index < -0.39 is 0 Å². The lowest BCUT2D eigenvalue weighted by Gasteiger charge is -2.15. The first kappa shape index (κ1) is 18.3. The summed E-state index contributed by atoms with van der Waals surface area (Å²) >= 11 is 1.68. The van der Waals surface area contributed by atoms with Crippen molar-refractivity contribution in [3.05, 3.63) is 46.7 Å². The number of ether oxygens (including phenoxy) is 2. The quantitative estimate of drug-likeness (QED) is 0.692. The highest BCUT2D eigenvalue weighted by Gasteiger charge is 2.13. The molecule has 0 bridgehead atoms. The summed E-state index contributed by atoms with van der Waals surface area (Å²) in [5.74, 6) is 1.25. The second-order valence-electron chi connectivity index (χ2n) is 5.30. The van der Waals surface area contributed by atoms with Crippen molar-refractivity contribution in [1.29, 1.82) is 0 Å². The average Bonchev–Trinajstić information content (AvgIpc) is 3.14. The van der Waals surface area contributed by atoms with Crippen LogP contribution in [-0.4, -0.2) is 37.9 Å². The van der Waals surface area contributed by atoms with E-state index in [4.69, 9.17) is 9.47 Å². The van der Waals surface area contributed by atoms with Crippen LogP contribution < -0.4 is 14.8 Å². The van der Waals surface area contributed by atoms with E-state index >= 15 is 0 Å². The van der Waals surface area contributed by atoms with Crippen molar-refractivity contribution >= 4 is 17.2 Å². The van der Waals surface area contributed by atoms with Crippen LogP contribution >= 0.6 is 11.3 Å². The second-order valence-corrected chi connectivity index (χ2v) is 6.28. The molecule has 0 saturated heterocycles. The van der Waals surface area contributed by atoms with E-state index in [0.717, 1.165) is 6.42 Å². The number of para-hydroxylation sites is 2. The molecule has 6 heteroatoms. The van der Waals surface area contributed by atoms with Gasteiger partial charge in [0.05, 0.1) is 7.11 Å². The van der Waals surface area contributed by atoms with Gasteiger partial charge in [-0.05, 0) is 42.3 Å². The molecule has 2 N–H and O–H groups in total. The topological polar surface area (TPSA) is 67.8 Å². The van der Waals surface area contributed by atoms with E-state index in [2.05, 4.69) is 11.4 Å². The van der Waals surface area contributed by atoms with E-state index in [1.54, 1.807) is 30.6 Å². The molecule has 24 heavy (non-hydrogen) atoms. The molecule has 1 aromatic heterocycles. The number of hydrogen-bond donors (Lipinski definition) is 2. The Kier molecular flexibility index (Phi) is 7.58. The molecule has 1 heterocycles. The van der Waals surface area contributed by atoms with Crippen molar-refractivity contribution < 1.29 is 19.4 Å². The maximum absolute atomic E-state index is 11.9. The van der Waals surface area contributed by atoms with Gasteiger partial charge in [-0.3, -0.25) is 4.79 Å². The molecule has 0 fully saturated rings. The number of amides is 1. The van der Waals surface area contributed by atoms with Crippen LogP contribution in [0.1, 0.15) is 23.6 Å². The Morgan fingerprint density at radius 1 is 1.21 bits per heavy atom. The highest BCUT2D eigenvalue weighted by Crippen LogP contribution is 2.27. The molecule has 130 valence electrons. The molecular weight excluding hydrogens is 326 g/mol. The SMILES string of the molecule is COc1ccccc1OCC(=O)NCCC(CCO)c1cccs1. The predicted octanol–water partition coefficient (Wildman–Crippen LogP) is 2.81. The molecular formula is C18H23NO4S. The third kappa shape index (κ3) is 5.54. The molecule has 2 rings (SSSR count). The summed E-state index contributed by atoms with van der Waals surface area (Å²) in [6, 6.07) is 11.3. The Morgan fingerprint density at radius 2 is 2.00 bits per heavy atom. The predicted molar refractivity (Wildman–Crippen MR) is 94.9 cm³/mol. The van der Waals surface area contributed by atoms with Gasteiger partial charge < -0.3 is 19.9 Å². The van der Waals surface area contributed by atoms with Crippen molar-refractivity contribution in [2.45, 2.75) is 18.8 Å². The molecule has 1 atom stereocenters. The number of hydrogen-bond acceptors (Lipinski definition) is 5. The van der Waals surface area contributed by atoms with Gasteiger partial charge >= 0.3 is 0 Å². The Labute approximate surface area is 146 Å². The Morgan fingerprint density at radius 3 is 2.67 bits per heavy atom. The molecule has 1 amide bonds. The minimum absolute atomic E-state index is 0.0515. The first-order chi connectivity index (χ1) is 11.7. The summed E-state index contributed by atoms with van der Waals surface area (Å²) in [7, 11) is 1.56. The largest absolute Gasteiger partial charge is 0.493 e. The number of methoxy groups -OCH3 is 1. The van der Waals surface area contributed by atoms with Crippen LogP contribution in [0.2, 0.25) is 0 Å². The maximum atomic E-state index is 11.9. The smallest absolute Gasteiger partial charge is 0.257 e. The molecule has 0 radical (unpaired) electrons. The third-order valence-corrected chi connectivity index (χ3v) is 4.70. The van der Waals surface area contributed by atoms with Crippen molar-refractivity contribution in [3.63, 3.8) is 0 Å². The first-order valence-electron chi connectivity index (χ1n) is 7.91. The fourth-order valence-corrected chi connectivity index (χ4v) is 3.33. The van der Waals surface area contributed by atoms with Crippen LogP contribution in [0.5, 0.6) is 11.5 Å². The van der Waals surface area contributed by atoms with Crippen LogP contribution in [0, 0.1) is 0 Å². The zero-order valence-electron chi connectivity index (χ0n) is 13.7. The monoisotopic (exact) mass is 349 g/mol. The van der Waals surface area contributed by atoms with Gasteiger partial charge in [0.2, 0.25) is 0 Å². The van der Waals surface area contributed by atoms with E-state index in [1.165, 1.54) is 4.88 Å². The molecule has 0 aliphatic heterocycles. The Bertz CT molecular complexity index is 615. The highest BCUT2D eigenvalue weighted by atomic mass is 32.1. The minimum atomic E-state index is -0.171. The van der Waals surface area contributed by atoms with Crippen molar-refractivity contribution in [2.75, 3.05) is 26.9 Å². The average molecular weight is 349 g/mol. The van der Waals surface area contributed by atoms with E-state index in [0.29, 0.717) is 24.5 Å². The highest BCUT2D eigenvalue weighted by molar-refractivity contribution is 7.10. The number of benzene rings is 1. The van der Waals surface area contributed by atoms with E-state index in [9.17, 15) is 9.90 Å². The van der Waals surface area contributed by atoms with Crippen molar-refractivity contribution in [1.82, 2.24) is 5.32 Å². The van der Waals surface area contributed by atoms with Gasteiger partial charge in [-0.15, -0.1) is 11.3 Å². The number of aliphatic hydroxyl groups is 1. The zero-order chi connectivity index (χ0) is 17.2. The second kappa shape index (κ2) is 9.95. The van der Waals surface area contributed by atoms with Gasteiger partial charge in [0.15, 0.2) is 18.1 Å². The molecule has 1 unspecified atom stereocenters. The maximum Gasteiger partial charge on any atom is 0.257 e. The van der Waals surface area contributed by atoms with Gasteiger partial charge in [0, 0.05) is 18.0 Å². The number of aliphatic hydroxyl groups excluding tert-OH is 1. The van der Waals surface area contributed by atoms with Gasteiger partial charge in [0.25, 0.3) is 5.91 Å². The number of rotatable bonds is 10. The van der Waals surface area contributed by atoms with Gasteiger partial charge in [0.1, 0.15) is 0 Å². The number of thiophene rings is 1. The zero-order valence-corrected chi connectivity index (χ0v) is 14.6. The van der Waals surface area contributed by atoms with Gasteiger partial charge in [-0.2, -0.15) is 0 Å². The normalized spacial score (nSPS) is 11.8. The lowest BCUT2D eigenvalue weighted by atomic mass is 10.00. The minimum Gasteiger partial charge on any atom is -0.493 e. The summed E-state index contributed by atoms with van der Waals surface area (Å²) in [5, 5.41) is 14.1. The summed E-state index contributed by atoms with van der Waals surface area (Å²) in [6.45, 7) is 0.647. The standard InChI is InChI=1S/C18H23NO4S/c1-22-15-5-2-3-6-16(15)23-13-18(21)19-10-8-14(9-11-20)17-7-4-12-24-17/h2-7,12,14,20H,8-11,13H2,1H3,(H,19,21). The summed E-state index contributed by atoms with van der Waals surface area (Å²) in [5.41, 5.74) is 0.